The molecule has 1 aromatic rings. The lowest BCUT2D eigenvalue weighted by Gasteiger charge is -2.32. The SMILES string of the molecule is CNCCC1CC(=O)N(C)c2cc(OC)ccc21. The van der Waals surface area contributed by atoms with Crippen LogP contribution >= 0.6 is 0 Å². The van der Waals surface area contributed by atoms with Crippen LogP contribution in [0.2, 0.25) is 0 Å². The van der Waals surface area contributed by atoms with Crippen molar-refractivity contribution in [1.82, 2.24) is 5.32 Å². The zero-order valence-electron chi connectivity index (χ0n) is 11.2. The van der Waals surface area contributed by atoms with Crippen molar-refractivity contribution >= 4 is 11.6 Å². The van der Waals surface area contributed by atoms with Crippen molar-refractivity contribution in [3.05, 3.63) is 23.8 Å². The summed E-state index contributed by atoms with van der Waals surface area (Å²) in [6.07, 6.45) is 1.58. The Labute approximate surface area is 108 Å². The van der Waals surface area contributed by atoms with Gasteiger partial charge in [-0.2, -0.15) is 0 Å². The number of hydrogen-bond acceptors (Lipinski definition) is 3. The van der Waals surface area contributed by atoms with Crippen molar-refractivity contribution in [1.29, 1.82) is 0 Å². The minimum Gasteiger partial charge on any atom is -0.497 e. The molecule has 0 aliphatic carbocycles. The largest absolute Gasteiger partial charge is 0.497 e. The molecule has 4 nitrogen and oxygen atoms in total. The average molecular weight is 248 g/mol. The van der Waals surface area contributed by atoms with Gasteiger partial charge in [0.05, 0.1) is 12.8 Å². The van der Waals surface area contributed by atoms with Crippen LogP contribution in [0.15, 0.2) is 18.2 Å². The zero-order chi connectivity index (χ0) is 13.1. The molecule has 1 atom stereocenters. The van der Waals surface area contributed by atoms with Crippen molar-refractivity contribution in [2.45, 2.75) is 18.8 Å². The molecule has 4 heteroatoms. The Morgan fingerprint density at radius 3 is 2.94 bits per heavy atom. The van der Waals surface area contributed by atoms with E-state index in [1.54, 1.807) is 12.0 Å². The fourth-order valence-corrected chi connectivity index (χ4v) is 2.45. The van der Waals surface area contributed by atoms with Crippen LogP contribution in [0, 0.1) is 0 Å². The summed E-state index contributed by atoms with van der Waals surface area (Å²) in [7, 11) is 5.41. The van der Waals surface area contributed by atoms with Crippen LogP contribution in [0.25, 0.3) is 0 Å². The third-order valence-electron chi connectivity index (χ3n) is 3.58. The minimum atomic E-state index is 0.178. The molecule has 0 radical (unpaired) electrons. The third kappa shape index (κ3) is 2.34. The van der Waals surface area contributed by atoms with Gasteiger partial charge >= 0.3 is 0 Å². The lowest BCUT2D eigenvalue weighted by molar-refractivity contribution is -0.119. The number of anilines is 1. The Morgan fingerprint density at radius 1 is 1.50 bits per heavy atom. The van der Waals surface area contributed by atoms with E-state index in [1.165, 1.54) is 5.56 Å². The van der Waals surface area contributed by atoms with E-state index in [2.05, 4.69) is 11.4 Å². The predicted octanol–water partition coefficient (Wildman–Crippen LogP) is 1.75. The molecule has 98 valence electrons. The number of hydrogen-bond donors (Lipinski definition) is 1. The smallest absolute Gasteiger partial charge is 0.227 e. The average Bonchev–Trinajstić information content (AvgIpc) is 2.40. The first kappa shape index (κ1) is 12.9. The summed E-state index contributed by atoms with van der Waals surface area (Å²) in [5, 5.41) is 3.14. The summed E-state index contributed by atoms with van der Waals surface area (Å²) in [4.78, 5) is 13.7. The molecule has 1 aromatic carbocycles. The van der Waals surface area contributed by atoms with Crippen LogP contribution in [-0.4, -0.2) is 33.7 Å². The third-order valence-corrected chi connectivity index (χ3v) is 3.58. The molecule has 0 saturated carbocycles. The Balaban J connectivity index is 2.35. The quantitative estimate of drug-likeness (QED) is 0.882. The van der Waals surface area contributed by atoms with E-state index >= 15 is 0 Å². The molecule has 1 N–H and O–H groups in total. The van der Waals surface area contributed by atoms with Gasteiger partial charge in [0, 0.05) is 19.5 Å². The highest BCUT2D eigenvalue weighted by Gasteiger charge is 2.28. The van der Waals surface area contributed by atoms with Gasteiger partial charge in [-0.15, -0.1) is 0 Å². The molecule has 0 saturated heterocycles. The normalized spacial score (nSPS) is 18.7. The fraction of sp³-hybridized carbons (Fsp3) is 0.500. The second-order valence-corrected chi connectivity index (χ2v) is 4.67. The van der Waals surface area contributed by atoms with Gasteiger partial charge in [0.15, 0.2) is 0 Å². The van der Waals surface area contributed by atoms with Gasteiger partial charge < -0.3 is 15.0 Å². The van der Waals surface area contributed by atoms with E-state index in [4.69, 9.17) is 4.74 Å². The van der Waals surface area contributed by atoms with Gasteiger partial charge in [0.1, 0.15) is 5.75 Å². The number of rotatable bonds is 4. The van der Waals surface area contributed by atoms with Crippen LogP contribution in [0.3, 0.4) is 0 Å². The number of amides is 1. The van der Waals surface area contributed by atoms with Crippen LogP contribution in [0.5, 0.6) is 5.75 Å². The fourth-order valence-electron chi connectivity index (χ4n) is 2.45. The molecule has 1 aliphatic heterocycles. The Hall–Kier alpha value is -1.55. The van der Waals surface area contributed by atoms with Crippen LogP contribution in [0.4, 0.5) is 5.69 Å². The van der Waals surface area contributed by atoms with Gasteiger partial charge in [0.2, 0.25) is 5.91 Å². The molecule has 2 rings (SSSR count). The highest BCUT2D eigenvalue weighted by molar-refractivity contribution is 5.96. The van der Waals surface area contributed by atoms with Crippen molar-refractivity contribution in [2.75, 3.05) is 32.6 Å². The maximum absolute atomic E-state index is 12.0. The number of carbonyl (C=O) groups excluding carboxylic acids is 1. The Kier molecular flexibility index (Phi) is 3.87. The van der Waals surface area contributed by atoms with Crippen molar-refractivity contribution in [3.63, 3.8) is 0 Å². The van der Waals surface area contributed by atoms with E-state index < -0.39 is 0 Å². The van der Waals surface area contributed by atoms with Crippen LogP contribution in [-0.2, 0) is 4.79 Å². The number of methoxy groups -OCH3 is 1. The second kappa shape index (κ2) is 5.40. The first-order valence-corrected chi connectivity index (χ1v) is 6.26. The lowest BCUT2D eigenvalue weighted by atomic mass is 9.87. The van der Waals surface area contributed by atoms with E-state index in [1.807, 2.05) is 26.2 Å². The number of nitrogens with zero attached hydrogens (tertiary/aromatic N) is 1. The van der Waals surface area contributed by atoms with Crippen LogP contribution < -0.4 is 15.0 Å². The van der Waals surface area contributed by atoms with Gasteiger partial charge in [-0.25, -0.2) is 0 Å². The molecular formula is C14H20N2O2. The summed E-state index contributed by atoms with van der Waals surface area (Å²) in [6.45, 7) is 0.924. The molecular weight excluding hydrogens is 228 g/mol. The number of carbonyl (C=O) groups is 1. The summed E-state index contributed by atoms with van der Waals surface area (Å²) in [5.41, 5.74) is 2.22. The Bertz CT molecular complexity index is 445. The number of fused-ring (bicyclic) bond motifs is 1. The molecule has 1 heterocycles. The monoisotopic (exact) mass is 248 g/mol. The van der Waals surface area contributed by atoms with Crippen molar-refractivity contribution in [3.8, 4) is 5.75 Å². The second-order valence-electron chi connectivity index (χ2n) is 4.67. The lowest BCUT2D eigenvalue weighted by Crippen LogP contribution is -2.33. The highest BCUT2D eigenvalue weighted by atomic mass is 16.5. The Morgan fingerprint density at radius 2 is 2.28 bits per heavy atom. The van der Waals surface area contributed by atoms with E-state index in [0.717, 1.165) is 24.4 Å². The standard InChI is InChI=1S/C14H20N2O2/c1-15-7-6-10-8-14(17)16(2)13-9-11(18-3)4-5-12(10)13/h4-5,9-10,15H,6-8H2,1-3H3. The minimum absolute atomic E-state index is 0.178. The van der Waals surface area contributed by atoms with E-state index in [-0.39, 0.29) is 5.91 Å². The highest BCUT2D eigenvalue weighted by Crippen LogP contribution is 2.38. The van der Waals surface area contributed by atoms with Gasteiger partial charge in [-0.1, -0.05) is 6.07 Å². The zero-order valence-corrected chi connectivity index (χ0v) is 11.2. The molecule has 0 bridgehead atoms. The summed E-state index contributed by atoms with van der Waals surface area (Å²) < 4.78 is 5.23. The predicted molar refractivity (Wildman–Crippen MR) is 72.3 cm³/mol. The molecule has 1 amide bonds. The molecule has 1 aliphatic rings. The topological polar surface area (TPSA) is 41.6 Å². The number of ether oxygens (including phenoxy) is 1. The summed E-state index contributed by atoms with van der Waals surface area (Å²) in [6, 6.07) is 5.99. The van der Waals surface area contributed by atoms with E-state index in [9.17, 15) is 4.79 Å². The van der Waals surface area contributed by atoms with E-state index in [0.29, 0.717) is 12.3 Å². The van der Waals surface area contributed by atoms with Crippen molar-refractivity contribution in [2.24, 2.45) is 0 Å². The maximum atomic E-state index is 12.0. The maximum Gasteiger partial charge on any atom is 0.227 e. The number of benzene rings is 1. The molecule has 0 fully saturated rings. The first-order chi connectivity index (χ1) is 8.67. The van der Waals surface area contributed by atoms with Gasteiger partial charge in [0.25, 0.3) is 0 Å². The first-order valence-electron chi connectivity index (χ1n) is 6.26. The van der Waals surface area contributed by atoms with Gasteiger partial charge in [-0.3, -0.25) is 4.79 Å². The summed E-state index contributed by atoms with van der Waals surface area (Å²) in [5.74, 6) is 1.28. The molecule has 1 unspecified atom stereocenters. The molecule has 18 heavy (non-hydrogen) atoms. The number of nitrogens with one attached hydrogen (secondary N) is 1. The van der Waals surface area contributed by atoms with Gasteiger partial charge in [-0.05, 0) is 37.6 Å². The van der Waals surface area contributed by atoms with Crippen molar-refractivity contribution < 1.29 is 9.53 Å². The molecule has 0 aromatic heterocycles. The summed E-state index contributed by atoms with van der Waals surface area (Å²) >= 11 is 0. The molecule has 0 spiro atoms. The van der Waals surface area contributed by atoms with Crippen LogP contribution in [0.1, 0.15) is 24.3 Å².